The van der Waals surface area contributed by atoms with E-state index in [-0.39, 0.29) is 4.90 Å². The van der Waals surface area contributed by atoms with Crippen LogP contribution in [0.1, 0.15) is 6.92 Å². The third-order valence-electron chi connectivity index (χ3n) is 2.95. The fraction of sp³-hybridized carbons (Fsp3) is 0.667. The molecule has 1 aliphatic heterocycles. The van der Waals surface area contributed by atoms with E-state index in [1.54, 1.807) is 0 Å². The molecule has 2 atom stereocenters. The summed E-state index contributed by atoms with van der Waals surface area (Å²) in [6, 6.07) is -1.59. The molecule has 5 nitrogen and oxygen atoms in total. The average molecular weight is 337 g/mol. The number of nitrogens with one attached hydrogen (secondary N) is 1. The molecule has 2 unspecified atom stereocenters. The first-order valence-corrected chi connectivity index (χ1v) is 5.69. The summed E-state index contributed by atoms with van der Waals surface area (Å²) >= 11 is 4.17. The van der Waals surface area contributed by atoms with Gasteiger partial charge in [0.25, 0.3) is 5.91 Å². The number of hydrogen-bond acceptors (Lipinski definition) is 3. The Bertz CT molecular complexity index is 491. The molecule has 3 amide bonds. The van der Waals surface area contributed by atoms with Crippen LogP contribution in [-0.2, 0) is 4.79 Å². The van der Waals surface area contributed by atoms with E-state index in [4.69, 9.17) is 5.73 Å². The number of urea groups is 1. The van der Waals surface area contributed by atoms with Gasteiger partial charge in [0.2, 0.25) is 5.54 Å². The molecule has 3 N–H and O–H groups in total. The maximum Gasteiger partial charge on any atom is 0.420 e. The standard InChI is InChI=1S/C9H9F6N3O2S/c1-7(9(13,14)15)5(19)18(6(20)17-7)2-3(4(16)21)8(10,11)12/h3H,2H2,1H3,(H2,16,21)(H,17,20). The first-order chi connectivity index (χ1) is 9.22. The zero-order valence-corrected chi connectivity index (χ0v) is 11.1. The van der Waals surface area contributed by atoms with E-state index in [9.17, 15) is 35.9 Å². The SMILES string of the molecule is CC1(C(F)(F)F)NC(=O)N(CC(C(N)=S)C(F)(F)F)C1=O. The lowest BCUT2D eigenvalue weighted by Gasteiger charge is -2.26. The fourth-order valence-corrected chi connectivity index (χ4v) is 1.80. The Kier molecular flexibility index (Phi) is 4.16. The van der Waals surface area contributed by atoms with Crippen molar-refractivity contribution in [2.24, 2.45) is 11.7 Å². The van der Waals surface area contributed by atoms with Crippen molar-refractivity contribution in [3.63, 3.8) is 0 Å². The topological polar surface area (TPSA) is 75.4 Å². The van der Waals surface area contributed by atoms with E-state index < -0.39 is 47.3 Å². The number of rotatable bonds is 3. The van der Waals surface area contributed by atoms with Crippen molar-refractivity contribution >= 4 is 29.1 Å². The van der Waals surface area contributed by atoms with Gasteiger partial charge in [0.1, 0.15) is 5.92 Å². The maximum absolute atomic E-state index is 12.7. The molecule has 1 rings (SSSR count). The minimum absolute atomic E-state index is 0.190. The van der Waals surface area contributed by atoms with Crippen LogP contribution in [-0.4, -0.2) is 46.3 Å². The van der Waals surface area contributed by atoms with E-state index in [1.165, 1.54) is 5.32 Å². The molecular weight excluding hydrogens is 328 g/mol. The van der Waals surface area contributed by atoms with Crippen molar-refractivity contribution < 1.29 is 35.9 Å². The Morgan fingerprint density at radius 1 is 1.33 bits per heavy atom. The molecule has 0 radical (unpaired) electrons. The lowest BCUT2D eigenvalue weighted by molar-refractivity contribution is -0.192. The number of carbonyl (C=O) groups is 2. The molecule has 1 aliphatic rings. The predicted octanol–water partition coefficient (Wildman–Crippen LogP) is 1.32. The van der Waals surface area contributed by atoms with Crippen molar-refractivity contribution in [2.75, 3.05) is 6.54 Å². The smallest absolute Gasteiger partial charge is 0.393 e. The number of nitrogens with two attached hydrogens (primary N) is 1. The highest BCUT2D eigenvalue weighted by molar-refractivity contribution is 7.80. The second kappa shape index (κ2) is 5.00. The Balaban J connectivity index is 3.08. The van der Waals surface area contributed by atoms with Gasteiger partial charge in [-0.25, -0.2) is 4.79 Å². The van der Waals surface area contributed by atoms with Crippen molar-refractivity contribution in [3.05, 3.63) is 0 Å². The van der Waals surface area contributed by atoms with Gasteiger partial charge in [-0.15, -0.1) is 0 Å². The highest BCUT2D eigenvalue weighted by Gasteiger charge is 2.65. The van der Waals surface area contributed by atoms with Crippen molar-refractivity contribution in [3.8, 4) is 0 Å². The van der Waals surface area contributed by atoms with Crippen LogP contribution in [0, 0.1) is 5.92 Å². The Morgan fingerprint density at radius 2 is 1.81 bits per heavy atom. The lowest BCUT2D eigenvalue weighted by atomic mass is 10.0. The number of amides is 3. The summed E-state index contributed by atoms with van der Waals surface area (Å²) in [6.45, 7) is -1.05. The monoisotopic (exact) mass is 337 g/mol. The normalized spacial score (nSPS) is 25.0. The quantitative estimate of drug-likeness (QED) is 0.463. The highest BCUT2D eigenvalue weighted by Crippen LogP contribution is 2.36. The highest BCUT2D eigenvalue weighted by atomic mass is 32.1. The molecule has 1 fully saturated rings. The molecule has 0 spiro atoms. The first-order valence-electron chi connectivity index (χ1n) is 5.28. The third kappa shape index (κ3) is 3.04. The molecule has 0 aromatic carbocycles. The van der Waals surface area contributed by atoms with Crippen molar-refractivity contribution in [1.29, 1.82) is 0 Å². The zero-order chi connectivity index (χ0) is 16.8. The summed E-state index contributed by atoms with van der Waals surface area (Å²) in [6.07, 6.45) is -10.2. The molecular formula is C9H9F6N3O2S. The van der Waals surface area contributed by atoms with Gasteiger partial charge in [-0.2, -0.15) is 26.3 Å². The van der Waals surface area contributed by atoms with Crippen molar-refractivity contribution in [1.82, 2.24) is 10.2 Å². The Labute approximate surface area is 119 Å². The van der Waals surface area contributed by atoms with E-state index >= 15 is 0 Å². The van der Waals surface area contributed by atoms with Gasteiger partial charge in [-0.1, -0.05) is 12.2 Å². The van der Waals surface area contributed by atoms with Gasteiger partial charge in [0, 0.05) is 6.54 Å². The van der Waals surface area contributed by atoms with Gasteiger partial charge in [-0.3, -0.25) is 9.69 Å². The van der Waals surface area contributed by atoms with E-state index in [2.05, 4.69) is 12.2 Å². The van der Waals surface area contributed by atoms with Gasteiger partial charge >= 0.3 is 18.4 Å². The largest absolute Gasteiger partial charge is 0.420 e. The maximum atomic E-state index is 12.7. The second-order valence-corrected chi connectivity index (χ2v) is 4.94. The van der Waals surface area contributed by atoms with Crippen LogP contribution in [0.15, 0.2) is 0 Å². The fourth-order valence-electron chi connectivity index (χ4n) is 1.59. The predicted molar refractivity (Wildman–Crippen MR) is 61.0 cm³/mol. The summed E-state index contributed by atoms with van der Waals surface area (Å²) < 4.78 is 76.1. The van der Waals surface area contributed by atoms with E-state index in [0.29, 0.717) is 6.92 Å². The summed E-state index contributed by atoms with van der Waals surface area (Å²) in [5, 5.41) is 1.33. The van der Waals surface area contributed by atoms with Crippen LogP contribution in [0.4, 0.5) is 31.1 Å². The summed E-state index contributed by atoms with van der Waals surface area (Å²) in [7, 11) is 0. The number of nitrogens with zero attached hydrogens (tertiary/aromatic N) is 1. The molecule has 0 aromatic rings. The minimum Gasteiger partial charge on any atom is -0.393 e. The third-order valence-corrected chi connectivity index (χ3v) is 3.23. The van der Waals surface area contributed by atoms with Gasteiger partial charge in [-0.05, 0) is 6.92 Å². The Morgan fingerprint density at radius 3 is 2.10 bits per heavy atom. The molecule has 120 valence electrons. The second-order valence-electron chi connectivity index (χ2n) is 4.47. The summed E-state index contributed by atoms with van der Waals surface area (Å²) in [5.74, 6) is -4.43. The number of halogens is 6. The molecule has 0 saturated carbocycles. The van der Waals surface area contributed by atoms with Crippen LogP contribution in [0.2, 0.25) is 0 Å². The van der Waals surface area contributed by atoms with Crippen LogP contribution in [0.3, 0.4) is 0 Å². The zero-order valence-electron chi connectivity index (χ0n) is 10.3. The number of thiocarbonyl (C=S) groups is 1. The number of hydrogen-bond donors (Lipinski definition) is 2. The molecule has 1 heterocycles. The van der Waals surface area contributed by atoms with Crippen molar-refractivity contribution in [2.45, 2.75) is 24.8 Å². The van der Waals surface area contributed by atoms with E-state index in [1.807, 2.05) is 0 Å². The molecule has 0 bridgehead atoms. The van der Waals surface area contributed by atoms with Crippen LogP contribution in [0.25, 0.3) is 0 Å². The van der Waals surface area contributed by atoms with Gasteiger partial charge in [0.05, 0.1) is 4.99 Å². The molecule has 1 saturated heterocycles. The Hall–Kier alpha value is -1.59. The molecule has 21 heavy (non-hydrogen) atoms. The molecule has 0 aromatic heterocycles. The van der Waals surface area contributed by atoms with Crippen LogP contribution < -0.4 is 11.1 Å². The van der Waals surface area contributed by atoms with Gasteiger partial charge < -0.3 is 11.1 Å². The number of imide groups is 1. The lowest BCUT2D eigenvalue weighted by Crippen LogP contribution is -2.56. The average Bonchev–Trinajstić information content (AvgIpc) is 2.45. The summed E-state index contributed by atoms with van der Waals surface area (Å²) in [4.78, 5) is 21.7. The van der Waals surface area contributed by atoms with Crippen LogP contribution >= 0.6 is 12.2 Å². The molecule has 0 aliphatic carbocycles. The van der Waals surface area contributed by atoms with Crippen LogP contribution in [0.5, 0.6) is 0 Å². The number of alkyl halides is 6. The first kappa shape index (κ1) is 17.5. The van der Waals surface area contributed by atoms with E-state index in [0.717, 1.165) is 0 Å². The summed E-state index contributed by atoms with van der Waals surface area (Å²) in [5.41, 5.74) is 1.58. The number of carbonyl (C=O) groups excluding carboxylic acids is 2. The minimum atomic E-state index is -5.16. The van der Waals surface area contributed by atoms with Gasteiger partial charge in [0.15, 0.2) is 0 Å². The molecule has 12 heteroatoms.